The van der Waals surface area contributed by atoms with Crippen LogP contribution in [0, 0.1) is 0 Å². The lowest BCUT2D eigenvalue weighted by Crippen LogP contribution is -2.35. The molecule has 2 rings (SSSR count). The van der Waals surface area contributed by atoms with E-state index in [9.17, 15) is 5.11 Å². The third kappa shape index (κ3) is 2.00. The molecule has 0 radical (unpaired) electrons. The van der Waals surface area contributed by atoms with Crippen LogP contribution >= 0.6 is 0 Å². The van der Waals surface area contributed by atoms with E-state index in [-0.39, 0.29) is 12.2 Å². The number of hydrogen-bond donors (Lipinski definition) is 1. The molecular formula is C11H18O3. The Morgan fingerprint density at radius 2 is 2.07 bits per heavy atom. The van der Waals surface area contributed by atoms with Crippen molar-refractivity contribution in [2.75, 3.05) is 0 Å². The van der Waals surface area contributed by atoms with Gasteiger partial charge < -0.3 is 14.6 Å². The second-order valence-electron chi connectivity index (χ2n) is 4.49. The van der Waals surface area contributed by atoms with E-state index in [1.807, 2.05) is 19.9 Å². The van der Waals surface area contributed by atoms with Gasteiger partial charge in [-0.1, -0.05) is 12.2 Å². The van der Waals surface area contributed by atoms with Crippen molar-refractivity contribution in [1.82, 2.24) is 0 Å². The Morgan fingerprint density at radius 3 is 2.86 bits per heavy atom. The van der Waals surface area contributed by atoms with Crippen molar-refractivity contribution in [3.05, 3.63) is 12.2 Å². The van der Waals surface area contributed by atoms with Gasteiger partial charge in [-0.3, -0.25) is 0 Å². The summed E-state index contributed by atoms with van der Waals surface area (Å²) in [6.07, 6.45) is 6.19. The Morgan fingerprint density at radius 1 is 1.29 bits per heavy atom. The molecule has 1 aliphatic heterocycles. The van der Waals surface area contributed by atoms with Crippen LogP contribution in [0.25, 0.3) is 0 Å². The summed E-state index contributed by atoms with van der Waals surface area (Å²) in [5.74, 6) is -0.541. The number of aliphatic hydroxyl groups excluding tert-OH is 1. The van der Waals surface area contributed by atoms with Crippen molar-refractivity contribution >= 4 is 0 Å². The number of rotatable bonds is 0. The predicted octanol–water partition coefficient (Wildman–Crippen LogP) is 1.61. The van der Waals surface area contributed by atoms with Crippen LogP contribution in [-0.2, 0) is 9.47 Å². The second kappa shape index (κ2) is 3.65. The summed E-state index contributed by atoms with van der Waals surface area (Å²) >= 11 is 0. The van der Waals surface area contributed by atoms with Crippen molar-refractivity contribution < 1.29 is 14.6 Å². The summed E-state index contributed by atoms with van der Waals surface area (Å²) in [4.78, 5) is 0. The van der Waals surface area contributed by atoms with Crippen LogP contribution in [0.2, 0.25) is 0 Å². The molecule has 1 aliphatic carbocycles. The minimum atomic E-state index is -0.541. The summed E-state index contributed by atoms with van der Waals surface area (Å²) < 4.78 is 11.4. The maximum absolute atomic E-state index is 9.86. The van der Waals surface area contributed by atoms with Gasteiger partial charge in [0, 0.05) is 0 Å². The average molecular weight is 198 g/mol. The Kier molecular flexibility index (Phi) is 2.64. The van der Waals surface area contributed by atoms with E-state index in [1.165, 1.54) is 0 Å². The Labute approximate surface area is 84.7 Å². The van der Waals surface area contributed by atoms with Gasteiger partial charge in [0.05, 0.1) is 12.2 Å². The van der Waals surface area contributed by atoms with Crippen LogP contribution in [-0.4, -0.2) is 29.2 Å². The highest BCUT2D eigenvalue weighted by atomic mass is 16.8. The van der Waals surface area contributed by atoms with Crippen molar-refractivity contribution in [2.24, 2.45) is 0 Å². The van der Waals surface area contributed by atoms with Gasteiger partial charge >= 0.3 is 0 Å². The molecule has 0 amide bonds. The van der Waals surface area contributed by atoms with E-state index >= 15 is 0 Å². The van der Waals surface area contributed by atoms with Gasteiger partial charge in [-0.15, -0.1) is 0 Å². The van der Waals surface area contributed by atoms with Gasteiger partial charge in [-0.05, 0) is 33.1 Å². The average Bonchev–Trinajstić information content (AvgIpc) is 2.38. The Hall–Kier alpha value is -0.380. The molecule has 1 saturated heterocycles. The van der Waals surface area contributed by atoms with E-state index in [0.29, 0.717) is 6.42 Å². The minimum absolute atomic E-state index is 0.0462. The monoisotopic (exact) mass is 198 g/mol. The summed E-state index contributed by atoms with van der Waals surface area (Å²) in [5.41, 5.74) is 0. The van der Waals surface area contributed by atoms with Gasteiger partial charge in [0.1, 0.15) is 6.10 Å². The third-order valence-corrected chi connectivity index (χ3v) is 2.76. The van der Waals surface area contributed by atoms with Crippen LogP contribution in [0.15, 0.2) is 12.2 Å². The molecule has 0 spiro atoms. The molecule has 1 heterocycles. The maximum Gasteiger partial charge on any atom is 0.163 e. The molecule has 3 nitrogen and oxygen atoms in total. The molecule has 0 aromatic rings. The van der Waals surface area contributed by atoms with Gasteiger partial charge in [0.25, 0.3) is 0 Å². The van der Waals surface area contributed by atoms with Crippen molar-refractivity contribution in [3.63, 3.8) is 0 Å². The zero-order chi connectivity index (χ0) is 10.2. The van der Waals surface area contributed by atoms with Crippen LogP contribution in [0.4, 0.5) is 0 Å². The van der Waals surface area contributed by atoms with E-state index in [2.05, 4.69) is 6.08 Å². The standard InChI is InChI=1S/C11H18O3/c1-11(2)13-9-7-5-3-4-6-8(12)10(9)14-11/h3-4,8-10,12H,5-7H2,1-2H3/b4-3-/t8-,9-,10-/m0/s1. The molecule has 3 atom stereocenters. The molecule has 3 heteroatoms. The first-order chi connectivity index (χ1) is 6.58. The molecule has 1 N–H and O–H groups in total. The smallest absolute Gasteiger partial charge is 0.163 e. The third-order valence-electron chi connectivity index (χ3n) is 2.76. The van der Waals surface area contributed by atoms with Gasteiger partial charge in [-0.2, -0.15) is 0 Å². The highest BCUT2D eigenvalue weighted by molar-refractivity contribution is 4.96. The van der Waals surface area contributed by atoms with Crippen LogP contribution < -0.4 is 0 Å². The van der Waals surface area contributed by atoms with E-state index in [4.69, 9.17) is 9.47 Å². The highest BCUT2D eigenvalue weighted by Crippen LogP contribution is 2.33. The zero-order valence-corrected chi connectivity index (χ0v) is 8.77. The van der Waals surface area contributed by atoms with E-state index in [1.54, 1.807) is 0 Å². The summed E-state index contributed by atoms with van der Waals surface area (Å²) in [5, 5.41) is 9.86. The lowest BCUT2D eigenvalue weighted by molar-refractivity contribution is -0.155. The topological polar surface area (TPSA) is 38.7 Å². The fourth-order valence-electron chi connectivity index (χ4n) is 2.16. The van der Waals surface area contributed by atoms with Crippen molar-refractivity contribution in [2.45, 2.75) is 57.2 Å². The second-order valence-corrected chi connectivity index (χ2v) is 4.49. The van der Waals surface area contributed by atoms with Gasteiger partial charge in [-0.25, -0.2) is 0 Å². The molecule has 0 aromatic carbocycles. The molecule has 1 fully saturated rings. The predicted molar refractivity (Wildman–Crippen MR) is 52.8 cm³/mol. The quantitative estimate of drug-likeness (QED) is 0.601. The molecule has 80 valence electrons. The SMILES string of the molecule is CC1(C)O[C@@H]2[C@H](CC/C=C\C[C@@H]2O)O1. The molecule has 0 aromatic heterocycles. The number of allylic oxidation sites excluding steroid dienone is 1. The van der Waals surface area contributed by atoms with Gasteiger partial charge in [0.2, 0.25) is 0 Å². The first-order valence-electron chi connectivity index (χ1n) is 5.27. The fourth-order valence-corrected chi connectivity index (χ4v) is 2.16. The zero-order valence-electron chi connectivity index (χ0n) is 8.77. The lowest BCUT2D eigenvalue weighted by atomic mass is 9.98. The van der Waals surface area contributed by atoms with Crippen LogP contribution in [0.5, 0.6) is 0 Å². The summed E-state index contributed by atoms with van der Waals surface area (Å²) in [6, 6.07) is 0. The van der Waals surface area contributed by atoms with E-state index < -0.39 is 11.9 Å². The molecule has 2 aliphatic rings. The number of fused-ring (bicyclic) bond motifs is 1. The molecular weight excluding hydrogens is 180 g/mol. The molecule has 14 heavy (non-hydrogen) atoms. The molecule has 0 bridgehead atoms. The van der Waals surface area contributed by atoms with E-state index in [0.717, 1.165) is 12.8 Å². The van der Waals surface area contributed by atoms with Gasteiger partial charge in [0.15, 0.2) is 5.79 Å². The normalized spacial score (nSPS) is 43.8. The Bertz CT molecular complexity index is 235. The summed E-state index contributed by atoms with van der Waals surface area (Å²) in [6.45, 7) is 3.80. The lowest BCUT2D eigenvalue weighted by Gasteiger charge is -2.22. The first kappa shape index (κ1) is 10.1. The Balaban J connectivity index is 2.11. The number of ether oxygens (including phenoxy) is 2. The number of hydrogen-bond acceptors (Lipinski definition) is 3. The number of aliphatic hydroxyl groups is 1. The van der Waals surface area contributed by atoms with Crippen LogP contribution in [0.1, 0.15) is 33.1 Å². The highest BCUT2D eigenvalue weighted by Gasteiger charge is 2.44. The maximum atomic E-state index is 9.86. The molecule has 0 unspecified atom stereocenters. The van der Waals surface area contributed by atoms with Crippen LogP contribution in [0.3, 0.4) is 0 Å². The largest absolute Gasteiger partial charge is 0.390 e. The first-order valence-corrected chi connectivity index (χ1v) is 5.27. The minimum Gasteiger partial charge on any atom is -0.390 e. The van der Waals surface area contributed by atoms with Crippen molar-refractivity contribution in [3.8, 4) is 0 Å². The summed E-state index contributed by atoms with van der Waals surface area (Å²) in [7, 11) is 0. The molecule has 0 saturated carbocycles. The fraction of sp³-hybridized carbons (Fsp3) is 0.818. The van der Waals surface area contributed by atoms with Crippen molar-refractivity contribution in [1.29, 1.82) is 0 Å².